The van der Waals surface area contributed by atoms with Crippen LogP contribution in [0.25, 0.3) is 0 Å². The second-order valence-corrected chi connectivity index (χ2v) is 6.43. The van der Waals surface area contributed by atoms with Crippen molar-refractivity contribution in [3.8, 4) is 0 Å². The van der Waals surface area contributed by atoms with Crippen LogP contribution in [-0.2, 0) is 16.1 Å². The Labute approximate surface area is 132 Å². The van der Waals surface area contributed by atoms with Gasteiger partial charge in [-0.25, -0.2) is 0 Å². The fourth-order valence-corrected chi connectivity index (χ4v) is 3.06. The summed E-state index contributed by atoms with van der Waals surface area (Å²) in [5, 5.41) is 3.19. The molecule has 2 atom stereocenters. The Balaban J connectivity index is 1.55. The van der Waals surface area contributed by atoms with Crippen LogP contribution < -0.4 is 5.32 Å². The van der Waals surface area contributed by atoms with E-state index in [1.165, 1.54) is 5.56 Å². The van der Waals surface area contributed by atoms with Crippen molar-refractivity contribution in [1.82, 2.24) is 10.2 Å². The molecular formula is C18H26N2O2. The summed E-state index contributed by atoms with van der Waals surface area (Å²) in [7, 11) is 0. The summed E-state index contributed by atoms with van der Waals surface area (Å²) in [5.74, 6) is 0.480. The van der Waals surface area contributed by atoms with Gasteiger partial charge in [-0.15, -0.1) is 0 Å². The third-order valence-corrected chi connectivity index (χ3v) is 4.59. The lowest BCUT2D eigenvalue weighted by molar-refractivity contribution is -0.125. The molecule has 1 aliphatic heterocycles. The van der Waals surface area contributed by atoms with Gasteiger partial charge in [-0.05, 0) is 24.8 Å². The van der Waals surface area contributed by atoms with Crippen LogP contribution in [0.1, 0.15) is 31.7 Å². The Hall–Kier alpha value is -1.39. The first-order chi connectivity index (χ1) is 10.8. The molecule has 0 radical (unpaired) electrons. The molecule has 3 rings (SSSR count). The maximum absolute atomic E-state index is 12.0. The van der Waals surface area contributed by atoms with Gasteiger partial charge in [0.15, 0.2) is 0 Å². The van der Waals surface area contributed by atoms with Crippen molar-refractivity contribution in [1.29, 1.82) is 0 Å². The average Bonchev–Trinajstić information content (AvgIpc) is 3.38. The van der Waals surface area contributed by atoms with E-state index in [9.17, 15) is 4.79 Å². The largest absolute Gasteiger partial charge is 0.373 e. The van der Waals surface area contributed by atoms with Crippen LogP contribution in [0.2, 0.25) is 0 Å². The summed E-state index contributed by atoms with van der Waals surface area (Å²) in [6.45, 7) is 5.66. The minimum absolute atomic E-state index is 0.102. The highest BCUT2D eigenvalue weighted by Crippen LogP contribution is 2.29. The van der Waals surface area contributed by atoms with E-state index in [4.69, 9.17) is 4.74 Å². The Kier molecular flexibility index (Phi) is 5.11. The standard InChI is InChI=1S/C18H26N2O2/c1-2-16(19-18(21)15-8-9-15)17-13-20(10-11-22-17)12-14-6-4-3-5-7-14/h3-7,15-17H,2,8-13H2,1H3,(H,19,21)/t16-,17+/m1/s1. The maximum atomic E-state index is 12.0. The molecular weight excluding hydrogens is 276 g/mol. The Bertz CT molecular complexity index is 487. The van der Waals surface area contributed by atoms with Gasteiger partial charge >= 0.3 is 0 Å². The first-order valence-electron chi connectivity index (χ1n) is 8.44. The average molecular weight is 302 g/mol. The van der Waals surface area contributed by atoms with Gasteiger partial charge in [0.2, 0.25) is 5.91 Å². The van der Waals surface area contributed by atoms with Crippen molar-refractivity contribution in [2.24, 2.45) is 5.92 Å². The first kappa shape index (κ1) is 15.5. The number of morpholine rings is 1. The molecule has 0 spiro atoms. The molecule has 1 saturated carbocycles. The Morgan fingerprint density at radius 1 is 1.36 bits per heavy atom. The quantitative estimate of drug-likeness (QED) is 0.876. The number of rotatable bonds is 6. The number of hydrogen-bond donors (Lipinski definition) is 1. The number of carbonyl (C=O) groups excluding carboxylic acids is 1. The van der Waals surface area contributed by atoms with E-state index >= 15 is 0 Å². The minimum Gasteiger partial charge on any atom is -0.373 e. The molecule has 0 bridgehead atoms. The number of amides is 1. The predicted octanol–water partition coefficient (Wildman–Crippen LogP) is 2.19. The summed E-state index contributed by atoms with van der Waals surface area (Å²) in [5.41, 5.74) is 1.33. The normalized spacial score (nSPS) is 24.0. The van der Waals surface area contributed by atoms with E-state index in [1.54, 1.807) is 0 Å². The highest BCUT2D eigenvalue weighted by Gasteiger charge is 2.34. The summed E-state index contributed by atoms with van der Waals surface area (Å²) < 4.78 is 5.94. The molecule has 1 N–H and O–H groups in total. The summed E-state index contributed by atoms with van der Waals surface area (Å²) in [6, 6.07) is 10.7. The van der Waals surface area contributed by atoms with E-state index in [-0.39, 0.29) is 24.0 Å². The lowest BCUT2D eigenvalue weighted by Crippen LogP contribution is -2.53. The molecule has 0 aromatic heterocycles. The van der Waals surface area contributed by atoms with Gasteiger partial charge in [-0.1, -0.05) is 37.3 Å². The molecule has 4 heteroatoms. The molecule has 22 heavy (non-hydrogen) atoms. The van der Waals surface area contributed by atoms with Crippen molar-refractivity contribution < 1.29 is 9.53 Å². The van der Waals surface area contributed by atoms with Gasteiger partial charge in [0.1, 0.15) is 0 Å². The summed E-state index contributed by atoms with van der Waals surface area (Å²) in [6.07, 6.45) is 3.12. The molecule has 1 saturated heterocycles. The number of carbonyl (C=O) groups is 1. The van der Waals surface area contributed by atoms with E-state index in [0.717, 1.165) is 45.5 Å². The van der Waals surface area contributed by atoms with E-state index < -0.39 is 0 Å². The van der Waals surface area contributed by atoms with Gasteiger partial charge in [0.05, 0.1) is 18.8 Å². The topological polar surface area (TPSA) is 41.6 Å². The van der Waals surface area contributed by atoms with Crippen LogP contribution in [0.5, 0.6) is 0 Å². The van der Waals surface area contributed by atoms with Crippen molar-refractivity contribution >= 4 is 5.91 Å². The molecule has 2 fully saturated rings. The number of hydrogen-bond acceptors (Lipinski definition) is 3. The van der Waals surface area contributed by atoms with Crippen LogP contribution in [0.4, 0.5) is 0 Å². The number of nitrogens with one attached hydrogen (secondary N) is 1. The van der Waals surface area contributed by atoms with Crippen LogP contribution >= 0.6 is 0 Å². The minimum atomic E-state index is 0.102. The molecule has 0 unspecified atom stereocenters. The third kappa shape index (κ3) is 4.08. The lowest BCUT2D eigenvalue weighted by Gasteiger charge is -2.37. The SMILES string of the molecule is CC[C@@H](NC(=O)C1CC1)[C@@H]1CN(Cc2ccccc2)CCO1. The molecule has 4 nitrogen and oxygen atoms in total. The summed E-state index contributed by atoms with van der Waals surface area (Å²) >= 11 is 0. The fourth-order valence-electron chi connectivity index (χ4n) is 3.06. The van der Waals surface area contributed by atoms with Gasteiger partial charge in [0, 0.05) is 25.6 Å². The van der Waals surface area contributed by atoms with E-state index in [1.807, 2.05) is 6.07 Å². The van der Waals surface area contributed by atoms with Crippen molar-refractivity contribution in [3.63, 3.8) is 0 Å². The number of ether oxygens (including phenoxy) is 1. The molecule has 1 aromatic carbocycles. The van der Waals surface area contributed by atoms with Crippen molar-refractivity contribution in [2.75, 3.05) is 19.7 Å². The van der Waals surface area contributed by atoms with Crippen molar-refractivity contribution in [2.45, 2.75) is 44.9 Å². The molecule has 2 aliphatic rings. The van der Waals surface area contributed by atoms with Crippen molar-refractivity contribution in [3.05, 3.63) is 35.9 Å². The number of benzene rings is 1. The van der Waals surface area contributed by atoms with E-state index in [0.29, 0.717) is 0 Å². The molecule has 1 aromatic rings. The van der Waals surface area contributed by atoms with Crippen LogP contribution in [-0.4, -0.2) is 42.6 Å². The molecule has 1 heterocycles. The lowest BCUT2D eigenvalue weighted by atomic mass is 10.1. The monoisotopic (exact) mass is 302 g/mol. The zero-order chi connectivity index (χ0) is 15.4. The second kappa shape index (κ2) is 7.25. The summed E-state index contributed by atoms with van der Waals surface area (Å²) in [4.78, 5) is 14.4. The Morgan fingerprint density at radius 2 is 2.14 bits per heavy atom. The van der Waals surface area contributed by atoms with Crippen LogP contribution in [0.15, 0.2) is 30.3 Å². The number of nitrogens with zero attached hydrogens (tertiary/aromatic N) is 1. The third-order valence-electron chi connectivity index (χ3n) is 4.59. The molecule has 1 amide bonds. The zero-order valence-corrected chi connectivity index (χ0v) is 13.3. The predicted molar refractivity (Wildman–Crippen MR) is 86.4 cm³/mol. The highest BCUT2D eigenvalue weighted by atomic mass is 16.5. The molecule has 120 valence electrons. The maximum Gasteiger partial charge on any atom is 0.223 e. The highest BCUT2D eigenvalue weighted by molar-refractivity contribution is 5.81. The van der Waals surface area contributed by atoms with Gasteiger partial charge in [-0.2, -0.15) is 0 Å². The first-order valence-corrected chi connectivity index (χ1v) is 8.44. The van der Waals surface area contributed by atoms with E-state index in [2.05, 4.69) is 41.4 Å². The second-order valence-electron chi connectivity index (χ2n) is 6.43. The van der Waals surface area contributed by atoms with Crippen LogP contribution in [0.3, 0.4) is 0 Å². The van der Waals surface area contributed by atoms with Gasteiger partial charge in [0.25, 0.3) is 0 Å². The van der Waals surface area contributed by atoms with Crippen LogP contribution in [0, 0.1) is 5.92 Å². The van der Waals surface area contributed by atoms with Gasteiger partial charge in [-0.3, -0.25) is 9.69 Å². The van der Waals surface area contributed by atoms with Gasteiger partial charge < -0.3 is 10.1 Å². The Morgan fingerprint density at radius 3 is 2.82 bits per heavy atom. The molecule has 1 aliphatic carbocycles. The zero-order valence-electron chi connectivity index (χ0n) is 13.3. The smallest absolute Gasteiger partial charge is 0.223 e. The fraction of sp³-hybridized carbons (Fsp3) is 0.611.